The molecule has 1 atom stereocenters. The van der Waals surface area contributed by atoms with Gasteiger partial charge in [-0.3, -0.25) is 4.79 Å². The van der Waals surface area contributed by atoms with Crippen molar-refractivity contribution < 1.29 is 4.79 Å². The maximum atomic E-state index is 11.7. The molecular weight excluding hydrogens is 164 g/mol. The van der Waals surface area contributed by atoms with Crippen LogP contribution in [0.15, 0.2) is 0 Å². The molecule has 1 rings (SSSR count). The zero-order chi connectivity index (χ0) is 10.1. The Hall–Kier alpha value is -0.570. The van der Waals surface area contributed by atoms with E-state index >= 15 is 0 Å². The van der Waals surface area contributed by atoms with Crippen LogP contribution in [0.2, 0.25) is 0 Å². The van der Waals surface area contributed by atoms with Gasteiger partial charge >= 0.3 is 0 Å². The molecule has 1 saturated heterocycles. The van der Waals surface area contributed by atoms with Gasteiger partial charge in [-0.1, -0.05) is 6.92 Å². The Morgan fingerprint density at radius 1 is 1.62 bits per heavy atom. The number of nitrogens with zero attached hydrogens (tertiary/aromatic N) is 1. The first-order valence-electron chi connectivity index (χ1n) is 5.02. The summed E-state index contributed by atoms with van der Waals surface area (Å²) in [5.74, 6) is 0.227. The van der Waals surface area contributed by atoms with Crippen LogP contribution in [0, 0.1) is 0 Å². The van der Waals surface area contributed by atoms with E-state index in [1.54, 1.807) is 0 Å². The van der Waals surface area contributed by atoms with E-state index in [-0.39, 0.29) is 11.4 Å². The van der Waals surface area contributed by atoms with E-state index in [0.29, 0.717) is 12.6 Å². The molecule has 0 saturated carbocycles. The molecule has 1 amide bonds. The fourth-order valence-corrected chi connectivity index (χ4v) is 2.01. The third-order valence-corrected chi connectivity index (χ3v) is 2.79. The van der Waals surface area contributed by atoms with Crippen LogP contribution in [0.5, 0.6) is 0 Å². The van der Waals surface area contributed by atoms with Gasteiger partial charge in [0.1, 0.15) is 0 Å². The smallest absolute Gasteiger partial charge is 0.237 e. The topological polar surface area (TPSA) is 32.3 Å². The van der Waals surface area contributed by atoms with Crippen LogP contribution in [0.25, 0.3) is 0 Å². The van der Waals surface area contributed by atoms with Gasteiger partial charge in [-0.05, 0) is 27.2 Å². The van der Waals surface area contributed by atoms with E-state index in [9.17, 15) is 4.79 Å². The molecular formula is C10H20N2O. The molecule has 1 N–H and O–H groups in total. The van der Waals surface area contributed by atoms with Gasteiger partial charge in [-0.2, -0.15) is 0 Å². The van der Waals surface area contributed by atoms with Crippen LogP contribution in [0.4, 0.5) is 0 Å². The average molecular weight is 184 g/mol. The van der Waals surface area contributed by atoms with Crippen molar-refractivity contribution >= 4 is 5.91 Å². The SMILES string of the molecule is CCC(C)N1C(=O)CNCC1(C)C. The number of carbonyl (C=O) groups is 1. The van der Waals surface area contributed by atoms with Crippen molar-refractivity contribution in [2.45, 2.75) is 45.7 Å². The minimum atomic E-state index is -0.0369. The summed E-state index contributed by atoms with van der Waals surface area (Å²) in [7, 11) is 0. The van der Waals surface area contributed by atoms with Crippen molar-refractivity contribution in [1.29, 1.82) is 0 Å². The van der Waals surface area contributed by atoms with Crippen LogP contribution >= 0.6 is 0 Å². The monoisotopic (exact) mass is 184 g/mol. The second-order valence-corrected chi connectivity index (χ2v) is 4.44. The summed E-state index contributed by atoms with van der Waals surface area (Å²) in [4.78, 5) is 13.7. The first kappa shape index (κ1) is 10.5. The van der Waals surface area contributed by atoms with Crippen molar-refractivity contribution in [2.24, 2.45) is 0 Å². The first-order chi connectivity index (χ1) is 5.99. The van der Waals surface area contributed by atoms with E-state index in [1.165, 1.54) is 0 Å². The standard InChI is InChI=1S/C10H20N2O/c1-5-8(2)12-9(13)6-11-7-10(12,3)4/h8,11H,5-7H2,1-4H3. The zero-order valence-electron chi connectivity index (χ0n) is 9.05. The molecule has 0 aromatic rings. The highest BCUT2D eigenvalue weighted by molar-refractivity contribution is 5.80. The predicted octanol–water partition coefficient (Wildman–Crippen LogP) is 0.995. The van der Waals surface area contributed by atoms with Crippen LogP contribution < -0.4 is 5.32 Å². The number of hydrogen-bond acceptors (Lipinski definition) is 2. The zero-order valence-corrected chi connectivity index (χ0v) is 9.05. The first-order valence-corrected chi connectivity index (χ1v) is 5.02. The summed E-state index contributed by atoms with van der Waals surface area (Å²) in [5, 5.41) is 3.14. The molecule has 1 fully saturated rings. The predicted molar refractivity (Wildman–Crippen MR) is 53.5 cm³/mol. The Bertz CT molecular complexity index is 201. The molecule has 1 heterocycles. The van der Waals surface area contributed by atoms with Crippen LogP contribution in [0.3, 0.4) is 0 Å². The van der Waals surface area contributed by atoms with Gasteiger partial charge < -0.3 is 10.2 Å². The van der Waals surface area contributed by atoms with Gasteiger partial charge in [-0.15, -0.1) is 0 Å². The van der Waals surface area contributed by atoms with E-state index in [1.807, 2.05) is 4.90 Å². The largest absolute Gasteiger partial charge is 0.333 e. The van der Waals surface area contributed by atoms with Gasteiger partial charge in [0.15, 0.2) is 0 Å². The van der Waals surface area contributed by atoms with E-state index in [0.717, 1.165) is 13.0 Å². The number of rotatable bonds is 2. The third-order valence-electron chi connectivity index (χ3n) is 2.79. The molecule has 0 aromatic carbocycles. The van der Waals surface area contributed by atoms with Gasteiger partial charge in [-0.25, -0.2) is 0 Å². The van der Waals surface area contributed by atoms with Crippen LogP contribution in [0.1, 0.15) is 34.1 Å². The number of nitrogens with one attached hydrogen (secondary N) is 1. The van der Waals surface area contributed by atoms with Crippen LogP contribution in [-0.4, -0.2) is 35.5 Å². The Labute approximate surface area is 80.5 Å². The molecule has 1 aliphatic heterocycles. The number of carbonyl (C=O) groups excluding carboxylic acids is 1. The second kappa shape index (κ2) is 3.66. The lowest BCUT2D eigenvalue weighted by atomic mass is 9.97. The summed E-state index contributed by atoms with van der Waals surface area (Å²) in [6, 6.07) is 0.351. The lowest BCUT2D eigenvalue weighted by Crippen LogP contribution is -2.63. The molecule has 3 heteroatoms. The Balaban J connectivity index is 2.80. The average Bonchev–Trinajstić information content (AvgIpc) is 2.02. The minimum Gasteiger partial charge on any atom is -0.333 e. The molecule has 3 nitrogen and oxygen atoms in total. The fraction of sp³-hybridized carbons (Fsp3) is 0.900. The van der Waals surface area contributed by atoms with E-state index in [2.05, 4.69) is 33.0 Å². The van der Waals surface area contributed by atoms with Gasteiger partial charge in [0.05, 0.1) is 12.1 Å². The van der Waals surface area contributed by atoms with Gasteiger partial charge in [0.2, 0.25) is 5.91 Å². The Kier molecular flexibility index (Phi) is 2.96. The van der Waals surface area contributed by atoms with Crippen molar-refractivity contribution in [1.82, 2.24) is 10.2 Å². The summed E-state index contributed by atoms with van der Waals surface area (Å²) in [5.41, 5.74) is -0.0369. The summed E-state index contributed by atoms with van der Waals surface area (Å²) < 4.78 is 0. The lowest BCUT2D eigenvalue weighted by molar-refractivity contribution is -0.141. The molecule has 13 heavy (non-hydrogen) atoms. The van der Waals surface area contributed by atoms with E-state index < -0.39 is 0 Å². The second-order valence-electron chi connectivity index (χ2n) is 4.44. The Morgan fingerprint density at radius 2 is 2.23 bits per heavy atom. The van der Waals surface area contributed by atoms with Crippen molar-refractivity contribution in [3.8, 4) is 0 Å². The molecule has 1 unspecified atom stereocenters. The molecule has 1 aliphatic rings. The molecule has 0 spiro atoms. The van der Waals surface area contributed by atoms with Gasteiger partial charge in [0, 0.05) is 12.6 Å². The minimum absolute atomic E-state index is 0.0369. The highest BCUT2D eigenvalue weighted by Gasteiger charge is 2.36. The lowest BCUT2D eigenvalue weighted by Gasteiger charge is -2.46. The quantitative estimate of drug-likeness (QED) is 0.694. The highest BCUT2D eigenvalue weighted by atomic mass is 16.2. The highest BCUT2D eigenvalue weighted by Crippen LogP contribution is 2.21. The molecule has 0 aromatic heterocycles. The molecule has 0 bridgehead atoms. The normalized spacial score (nSPS) is 24.6. The maximum Gasteiger partial charge on any atom is 0.237 e. The van der Waals surface area contributed by atoms with Crippen LogP contribution in [-0.2, 0) is 4.79 Å². The van der Waals surface area contributed by atoms with E-state index in [4.69, 9.17) is 0 Å². The van der Waals surface area contributed by atoms with Crippen molar-refractivity contribution in [3.05, 3.63) is 0 Å². The molecule has 76 valence electrons. The fourth-order valence-electron chi connectivity index (χ4n) is 2.01. The number of amides is 1. The number of hydrogen-bond donors (Lipinski definition) is 1. The van der Waals surface area contributed by atoms with Crippen molar-refractivity contribution in [2.75, 3.05) is 13.1 Å². The van der Waals surface area contributed by atoms with Crippen molar-refractivity contribution in [3.63, 3.8) is 0 Å². The summed E-state index contributed by atoms with van der Waals surface area (Å²) >= 11 is 0. The summed E-state index contributed by atoms with van der Waals surface area (Å²) in [6.07, 6.45) is 1.02. The molecule has 0 radical (unpaired) electrons. The van der Waals surface area contributed by atoms with Gasteiger partial charge in [0.25, 0.3) is 0 Å². The summed E-state index contributed by atoms with van der Waals surface area (Å²) in [6.45, 7) is 9.85. The molecule has 0 aliphatic carbocycles. The Morgan fingerprint density at radius 3 is 2.69 bits per heavy atom. The number of piperazine rings is 1. The maximum absolute atomic E-state index is 11.7. The third kappa shape index (κ3) is 2.02.